The summed E-state index contributed by atoms with van der Waals surface area (Å²) in [4.78, 5) is 90.7. The van der Waals surface area contributed by atoms with E-state index in [9.17, 15) is 28.8 Å². The molecule has 0 aliphatic carbocycles. The minimum atomic E-state index is -0.686. The first-order valence-corrected chi connectivity index (χ1v) is 17.6. The fourth-order valence-corrected chi connectivity index (χ4v) is 7.28. The summed E-state index contributed by atoms with van der Waals surface area (Å²) >= 11 is 2.04. The minimum absolute atomic E-state index is 0.0646. The van der Waals surface area contributed by atoms with E-state index in [1.165, 1.54) is 24.3 Å². The molecule has 4 amide bonds. The van der Waals surface area contributed by atoms with Gasteiger partial charge in [0.1, 0.15) is 12.2 Å². The van der Waals surface area contributed by atoms with E-state index in [0.29, 0.717) is 24.6 Å². The number of carbonyl (C=O) groups is 6. The van der Waals surface area contributed by atoms with Gasteiger partial charge in [0.2, 0.25) is 0 Å². The van der Waals surface area contributed by atoms with Gasteiger partial charge in [-0.3, -0.25) is 28.8 Å². The van der Waals surface area contributed by atoms with Gasteiger partial charge in [-0.2, -0.15) is 0 Å². The highest BCUT2D eigenvalue weighted by atomic mass is 32.1. The molecular formula is C34H32N4O10S2. The molecule has 2 atom stereocenters. The van der Waals surface area contributed by atoms with E-state index in [-0.39, 0.29) is 69.3 Å². The predicted molar refractivity (Wildman–Crippen MR) is 182 cm³/mol. The van der Waals surface area contributed by atoms with Gasteiger partial charge in [0.15, 0.2) is 10.3 Å². The molecule has 0 saturated heterocycles. The monoisotopic (exact) mass is 720 g/mol. The lowest BCUT2D eigenvalue weighted by Crippen LogP contribution is -2.43. The van der Waals surface area contributed by atoms with Crippen molar-refractivity contribution in [3.63, 3.8) is 0 Å². The zero-order chi connectivity index (χ0) is 35.7. The summed E-state index contributed by atoms with van der Waals surface area (Å²) in [7, 11) is 0. The zero-order valence-corrected chi connectivity index (χ0v) is 29.2. The van der Waals surface area contributed by atoms with Crippen LogP contribution in [-0.4, -0.2) is 84.2 Å². The van der Waals surface area contributed by atoms with Crippen molar-refractivity contribution in [2.75, 3.05) is 36.2 Å². The number of aromatic nitrogens is 2. The molecule has 2 aromatic heterocycles. The van der Waals surface area contributed by atoms with E-state index >= 15 is 0 Å². The molecule has 260 valence electrons. The number of esters is 2. The predicted octanol–water partition coefficient (Wildman–Crippen LogP) is 4.38. The number of amides is 4. The lowest BCUT2D eigenvalue weighted by Gasteiger charge is -2.30. The molecule has 0 fully saturated rings. The van der Waals surface area contributed by atoms with Crippen molar-refractivity contribution >= 4 is 79.3 Å². The highest BCUT2D eigenvalue weighted by Gasteiger charge is 2.42. The van der Waals surface area contributed by atoms with Crippen LogP contribution < -0.4 is 9.80 Å². The third-order valence-corrected chi connectivity index (χ3v) is 9.54. The van der Waals surface area contributed by atoms with E-state index < -0.39 is 47.8 Å². The second-order valence-corrected chi connectivity index (χ2v) is 13.2. The number of nitrogens with zero attached hydrogens (tertiary/aromatic N) is 4. The number of rotatable bonds is 14. The third kappa shape index (κ3) is 6.66. The van der Waals surface area contributed by atoms with E-state index in [2.05, 4.69) is 9.97 Å². The highest BCUT2D eigenvalue weighted by molar-refractivity contribution is 7.14. The number of benzene rings is 2. The van der Waals surface area contributed by atoms with E-state index in [0.717, 1.165) is 32.5 Å². The van der Waals surface area contributed by atoms with Crippen LogP contribution in [0.4, 0.5) is 10.3 Å². The molecule has 2 aliphatic heterocycles. The smallest absolute Gasteiger partial charge is 0.312 e. The molecule has 0 bridgehead atoms. The van der Waals surface area contributed by atoms with Gasteiger partial charge in [0.05, 0.1) is 37.4 Å². The van der Waals surface area contributed by atoms with Crippen molar-refractivity contribution in [2.45, 2.75) is 52.7 Å². The normalized spacial score (nSPS) is 15.1. The molecule has 0 spiro atoms. The van der Waals surface area contributed by atoms with Crippen molar-refractivity contribution in [2.24, 2.45) is 0 Å². The summed E-state index contributed by atoms with van der Waals surface area (Å²) < 4.78 is 21.2. The van der Waals surface area contributed by atoms with Crippen LogP contribution in [0.5, 0.6) is 0 Å². The Morgan fingerprint density at radius 1 is 0.640 bits per heavy atom. The number of hydrogen-bond donors (Lipinski definition) is 0. The standard InChI is InChI=1S/C34H32N4O10S2/c1-5-45-13-17(3)47-25(39)11-19-15-49-33(35-19)37-29(41)21-7-9-23-28-24(10-8-22(27(21)28)30(37)42)32(44)38(31(23)43)34-36-20(16-50-34)12-26(40)48-18(4)14-46-6-2/h7-10,15-18H,5-6,11-14H2,1-4H3. The first kappa shape index (κ1) is 34.9. The Bertz CT molecular complexity index is 1830. The Morgan fingerprint density at radius 3 is 1.30 bits per heavy atom. The van der Waals surface area contributed by atoms with E-state index in [4.69, 9.17) is 18.9 Å². The molecule has 4 aromatic rings. The lowest BCUT2D eigenvalue weighted by atomic mass is 9.86. The van der Waals surface area contributed by atoms with Crippen molar-refractivity contribution in [1.29, 1.82) is 0 Å². The molecule has 0 radical (unpaired) electrons. The largest absolute Gasteiger partial charge is 0.460 e. The van der Waals surface area contributed by atoms with Crippen LogP contribution in [0.3, 0.4) is 0 Å². The number of carbonyl (C=O) groups excluding carboxylic acids is 6. The SMILES string of the molecule is CCOCC(C)OC(=O)Cc1csc(N2C(=O)c3ccc4c5c(ccc(c35)C2=O)C(=O)N(c2nc(CC(=O)OC(C)COCC)cs2)C4=O)n1. The van der Waals surface area contributed by atoms with Crippen molar-refractivity contribution in [3.8, 4) is 0 Å². The molecule has 0 N–H and O–H groups in total. The first-order chi connectivity index (χ1) is 24.0. The fraction of sp³-hybridized carbons (Fsp3) is 0.353. The van der Waals surface area contributed by atoms with Crippen molar-refractivity contribution < 1.29 is 47.7 Å². The average Bonchev–Trinajstić information content (AvgIpc) is 3.73. The van der Waals surface area contributed by atoms with Gasteiger partial charge in [-0.1, -0.05) is 0 Å². The topological polar surface area (TPSA) is 172 Å². The first-order valence-electron chi connectivity index (χ1n) is 15.8. The molecule has 2 unspecified atom stereocenters. The Balaban J connectivity index is 1.23. The Kier molecular flexibility index (Phi) is 10.2. The summed E-state index contributed by atoms with van der Waals surface area (Å²) in [6.07, 6.45) is -1.24. The number of imide groups is 2. The van der Waals surface area contributed by atoms with Gasteiger partial charge in [-0.05, 0) is 52.0 Å². The van der Waals surface area contributed by atoms with Crippen LogP contribution in [0, 0.1) is 0 Å². The summed E-state index contributed by atoms with van der Waals surface area (Å²) in [5.41, 5.74) is 1.11. The quantitative estimate of drug-likeness (QED) is 0.133. The number of hydrogen-bond acceptors (Lipinski definition) is 14. The van der Waals surface area contributed by atoms with Gasteiger partial charge < -0.3 is 18.9 Å². The molecule has 6 rings (SSSR count). The highest BCUT2D eigenvalue weighted by Crippen LogP contribution is 2.41. The molecule has 0 saturated carbocycles. The summed E-state index contributed by atoms with van der Waals surface area (Å²) in [6.45, 7) is 8.58. The van der Waals surface area contributed by atoms with Gasteiger partial charge in [-0.25, -0.2) is 19.8 Å². The summed E-state index contributed by atoms with van der Waals surface area (Å²) in [5, 5.41) is 3.66. The molecule has 16 heteroatoms. The van der Waals surface area contributed by atoms with Gasteiger partial charge >= 0.3 is 11.9 Å². The van der Waals surface area contributed by atoms with Crippen LogP contribution in [-0.2, 0) is 41.4 Å². The molecule has 50 heavy (non-hydrogen) atoms. The van der Waals surface area contributed by atoms with Crippen LogP contribution in [0.2, 0.25) is 0 Å². The van der Waals surface area contributed by atoms with E-state index in [1.54, 1.807) is 24.6 Å². The second kappa shape index (κ2) is 14.5. The van der Waals surface area contributed by atoms with E-state index in [1.807, 2.05) is 13.8 Å². The number of anilines is 2. The number of thiazole rings is 2. The van der Waals surface area contributed by atoms with Crippen LogP contribution in [0.1, 0.15) is 80.5 Å². The molecule has 2 aromatic carbocycles. The Labute approximate surface area is 293 Å². The maximum Gasteiger partial charge on any atom is 0.312 e. The van der Waals surface area contributed by atoms with Crippen molar-refractivity contribution in [1.82, 2.24) is 9.97 Å². The summed E-state index contributed by atoms with van der Waals surface area (Å²) in [5.74, 6) is -3.80. The van der Waals surface area contributed by atoms with Crippen LogP contribution in [0.15, 0.2) is 35.0 Å². The maximum atomic E-state index is 13.8. The number of ether oxygens (including phenoxy) is 4. The summed E-state index contributed by atoms with van der Waals surface area (Å²) in [6, 6.07) is 5.77. The Hall–Kier alpha value is -4.90. The van der Waals surface area contributed by atoms with Gasteiger partial charge in [0.25, 0.3) is 23.6 Å². The van der Waals surface area contributed by atoms with Crippen LogP contribution in [0.25, 0.3) is 10.8 Å². The second-order valence-electron chi connectivity index (χ2n) is 11.5. The fourth-order valence-electron chi connectivity index (χ4n) is 5.65. The maximum absolute atomic E-state index is 13.8. The lowest BCUT2D eigenvalue weighted by molar-refractivity contribution is -0.151. The molecular weight excluding hydrogens is 689 g/mol. The molecule has 2 aliphatic rings. The van der Waals surface area contributed by atoms with Gasteiger partial charge in [-0.15, -0.1) is 22.7 Å². The van der Waals surface area contributed by atoms with Crippen LogP contribution >= 0.6 is 22.7 Å². The minimum Gasteiger partial charge on any atom is -0.460 e. The van der Waals surface area contributed by atoms with Gasteiger partial charge in [0, 0.05) is 57.0 Å². The third-order valence-electron chi connectivity index (χ3n) is 7.79. The molecule has 4 heterocycles. The average molecular weight is 721 g/mol. The molecule has 14 nitrogen and oxygen atoms in total. The van der Waals surface area contributed by atoms with Crippen molar-refractivity contribution in [3.05, 3.63) is 68.7 Å². The zero-order valence-electron chi connectivity index (χ0n) is 27.5. The Morgan fingerprint density at radius 2 is 0.980 bits per heavy atom.